The number of carboxylic acid groups (broad SMARTS) is 1. The standard InChI is InChI=1S/C16H20N2O4/c19-14(6-3-9-17-16(22)11-7-8-11)18-13-5-2-1-4-12(13)10-15(20)21/h1-2,4-5,11H,3,6-10H2,(H,17,22)(H,18,19)(H,20,21). The molecule has 6 nitrogen and oxygen atoms in total. The second-order valence-electron chi connectivity index (χ2n) is 5.44. The lowest BCUT2D eigenvalue weighted by Gasteiger charge is -2.10. The highest BCUT2D eigenvalue weighted by atomic mass is 16.4. The molecule has 0 aliphatic heterocycles. The molecule has 118 valence electrons. The van der Waals surface area contributed by atoms with Gasteiger partial charge in [0.25, 0.3) is 0 Å². The van der Waals surface area contributed by atoms with Gasteiger partial charge >= 0.3 is 5.97 Å². The number of carboxylic acids is 1. The Bertz CT molecular complexity index is 567. The Morgan fingerprint density at radius 2 is 1.91 bits per heavy atom. The second-order valence-corrected chi connectivity index (χ2v) is 5.44. The van der Waals surface area contributed by atoms with E-state index in [-0.39, 0.29) is 30.6 Å². The number of amides is 2. The fourth-order valence-corrected chi connectivity index (χ4v) is 2.12. The average molecular weight is 304 g/mol. The average Bonchev–Trinajstić information content (AvgIpc) is 3.29. The highest BCUT2D eigenvalue weighted by Gasteiger charge is 2.28. The summed E-state index contributed by atoms with van der Waals surface area (Å²) in [5.74, 6) is -0.869. The van der Waals surface area contributed by atoms with Gasteiger partial charge in [0.15, 0.2) is 0 Å². The van der Waals surface area contributed by atoms with Gasteiger partial charge in [-0.3, -0.25) is 14.4 Å². The van der Waals surface area contributed by atoms with Gasteiger partial charge in [0.1, 0.15) is 0 Å². The van der Waals surface area contributed by atoms with Crippen LogP contribution in [0.4, 0.5) is 5.69 Å². The number of nitrogens with one attached hydrogen (secondary N) is 2. The number of benzene rings is 1. The van der Waals surface area contributed by atoms with Crippen molar-refractivity contribution >= 4 is 23.5 Å². The van der Waals surface area contributed by atoms with Crippen molar-refractivity contribution < 1.29 is 19.5 Å². The molecule has 0 heterocycles. The summed E-state index contributed by atoms with van der Waals surface area (Å²) in [4.78, 5) is 34.1. The Morgan fingerprint density at radius 1 is 1.18 bits per heavy atom. The van der Waals surface area contributed by atoms with Crippen LogP contribution >= 0.6 is 0 Å². The normalized spacial score (nSPS) is 13.5. The fourth-order valence-electron chi connectivity index (χ4n) is 2.12. The van der Waals surface area contributed by atoms with E-state index in [0.29, 0.717) is 24.2 Å². The van der Waals surface area contributed by atoms with Gasteiger partial charge in [-0.05, 0) is 30.9 Å². The minimum atomic E-state index is -0.940. The molecule has 2 amide bonds. The maximum absolute atomic E-state index is 11.9. The molecule has 3 N–H and O–H groups in total. The highest BCUT2D eigenvalue weighted by Crippen LogP contribution is 2.28. The van der Waals surface area contributed by atoms with Gasteiger partial charge in [-0.15, -0.1) is 0 Å². The lowest BCUT2D eigenvalue weighted by atomic mass is 10.1. The molecule has 1 saturated carbocycles. The minimum absolute atomic E-state index is 0.0761. The van der Waals surface area contributed by atoms with Crippen molar-refractivity contribution in [1.29, 1.82) is 0 Å². The quantitative estimate of drug-likeness (QED) is 0.635. The van der Waals surface area contributed by atoms with E-state index in [1.807, 2.05) is 0 Å². The molecule has 0 saturated heterocycles. The van der Waals surface area contributed by atoms with Gasteiger partial charge in [0.2, 0.25) is 11.8 Å². The van der Waals surface area contributed by atoms with Crippen LogP contribution in [0.1, 0.15) is 31.2 Å². The van der Waals surface area contributed by atoms with E-state index in [1.165, 1.54) is 0 Å². The Hall–Kier alpha value is -2.37. The van der Waals surface area contributed by atoms with Crippen LogP contribution in [-0.4, -0.2) is 29.4 Å². The van der Waals surface area contributed by atoms with Crippen molar-refractivity contribution in [3.63, 3.8) is 0 Å². The van der Waals surface area contributed by atoms with Crippen LogP contribution in [0.5, 0.6) is 0 Å². The van der Waals surface area contributed by atoms with Gasteiger partial charge in [0.05, 0.1) is 6.42 Å². The Kier molecular flexibility index (Phi) is 5.52. The third-order valence-corrected chi connectivity index (χ3v) is 3.46. The Morgan fingerprint density at radius 3 is 2.59 bits per heavy atom. The highest BCUT2D eigenvalue weighted by molar-refractivity contribution is 5.92. The Labute approximate surface area is 128 Å². The summed E-state index contributed by atoms with van der Waals surface area (Å²) >= 11 is 0. The number of hydrogen-bond donors (Lipinski definition) is 3. The fraction of sp³-hybridized carbons (Fsp3) is 0.438. The molecule has 0 spiro atoms. The van der Waals surface area contributed by atoms with Gasteiger partial charge < -0.3 is 15.7 Å². The summed E-state index contributed by atoms with van der Waals surface area (Å²) in [6.45, 7) is 0.486. The molecule has 1 aliphatic rings. The maximum Gasteiger partial charge on any atom is 0.307 e. The van der Waals surface area contributed by atoms with Crippen molar-refractivity contribution in [2.45, 2.75) is 32.1 Å². The first-order valence-electron chi connectivity index (χ1n) is 7.43. The van der Waals surface area contributed by atoms with Crippen molar-refractivity contribution in [3.05, 3.63) is 29.8 Å². The number of rotatable bonds is 8. The van der Waals surface area contributed by atoms with Crippen molar-refractivity contribution in [3.8, 4) is 0 Å². The predicted molar refractivity (Wildman–Crippen MR) is 81.4 cm³/mol. The van der Waals surface area contributed by atoms with E-state index in [1.54, 1.807) is 24.3 Å². The first-order valence-corrected chi connectivity index (χ1v) is 7.43. The summed E-state index contributed by atoms with van der Waals surface area (Å²) in [5, 5.41) is 14.4. The predicted octanol–water partition coefficient (Wildman–Crippen LogP) is 1.56. The van der Waals surface area contributed by atoms with E-state index in [9.17, 15) is 14.4 Å². The van der Waals surface area contributed by atoms with Crippen LogP contribution in [0.15, 0.2) is 24.3 Å². The summed E-state index contributed by atoms with van der Waals surface area (Å²) in [6, 6.07) is 6.85. The molecule has 22 heavy (non-hydrogen) atoms. The molecular formula is C16H20N2O4. The molecule has 1 aromatic carbocycles. The second kappa shape index (κ2) is 7.59. The van der Waals surface area contributed by atoms with Crippen LogP contribution in [0.25, 0.3) is 0 Å². The van der Waals surface area contributed by atoms with Gasteiger partial charge in [0, 0.05) is 24.6 Å². The molecule has 1 fully saturated rings. The summed E-state index contributed by atoms with van der Waals surface area (Å²) in [6.07, 6.45) is 2.64. The number of hydrogen-bond acceptors (Lipinski definition) is 3. The molecule has 2 rings (SSSR count). The summed E-state index contributed by atoms with van der Waals surface area (Å²) in [5.41, 5.74) is 1.10. The van der Waals surface area contributed by atoms with E-state index >= 15 is 0 Å². The number of para-hydroxylation sites is 1. The number of carbonyl (C=O) groups is 3. The smallest absolute Gasteiger partial charge is 0.307 e. The molecule has 0 bridgehead atoms. The van der Waals surface area contributed by atoms with Gasteiger partial charge in [-0.25, -0.2) is 0 Å². The third kappa shape index (κ3) is 5.20. The first-order chi connectivity index (χ1) is 10.6. The van der Waals surface area contributed by atoms with Gasteiger partial charge in [-0.2, -0.15) is 0 Å². The Balaban J connectivity index is 1.74. The van der Waals surface area contributed by atoms with E-state index in [2.05, 4.69) is 10.6 Å². The molecule has 0 aromatic heterocycles. The van der Waals surface area contributed by atoms with E-state index in [0.717, 1.165) is 12.8 Å². The molecule has 0 unspecified atom stereocenters. The van der Waals surface area contributed by atoms with E-state index in [4.69, 9.17) is 5.11 Å². The van der Waals surface area contributed by atoms with Crippen LogP contribution in [0.3, 0.4) is 0 Å². The van der Waals surface area contributed by atoms with Crippen molar-refractivity contribution in [2.75, 3.05) is 11.9 Å². The zero-order valence-electron chi connectivity index (χ0n) is 12.3. The van der Waals surface area contributed by atoms with Crippen molar-refractivity contribution in [2.24, 2.45) is 5.92 Å². The molecule has 1 aromatic rings. The lowest BCUT2D eigenvalue weighted by molar-refractivity contribution is -0.136. The third-order valence-electron chi connectivity index (χ3n) is 3.46. The number of anilines is 1. The minimum Gasteiger partial charge on any atom is -0.481 e. The number of carbonyl (C=O) groups excluding carboxylic acids is 2. The zero-order valence-corrected chi connectivity index (χ0v) is 12.3. The molecule has 6 heteroatoms. The summed E-state index contributed by atoms with van der Waals surface area (Å²) in [7, 11) is 0. The van der Waals surface area contributed by atoms with Crippen molar-refractivity contribution in [1.82, 2.24) is 5.32 Å². The maximum atomic E-state index is 11.9. The molecule has 1 aliphatic carbocycles. The molecule has 0 radical (unpaired) electrons. The largest absolute Gasteiger partial charge is 0.481 e. The van der Waals surface area contributed by atoms with Crippen LogP contribution < -0.4 is 10.6 Å². The SMILES string of the molecule is O=C(O)Cc1ccccc1NC(=O)CCCNC(=O)C1CC1. The van der Waals surface area contributed by atoms with Crippen LogP contribution in [0, 0.1) is 5.92 Å². The number of aliphatic carboxylic acids is 1. The summed E-state index contributed by atoms with van der Waals surface area (Å²) < 4.78 is 0. The lowest BCUT2D eigenvalue weighted by Crippen LogP contribution is -2.26. The topological polar surface area (TPSA) is 95.5 Å². The van der Waals surface area contributed by atoms with E-state index < -0.39 is 5.97 Å². The van der Waals surface area contributed by atoms with Crippen LogP contribution in [-0.2, 0) is 20.8 Å². The van der Waals surface area contributed by atoms with Gasteiger partial charge in [-0.1, -0.05) is 18.2 Å². The first kappa shape index (κ1) is 16.0. The van der Waals surface area contributed by atoms with Crippen LogP contribution in [0.2, 0.25) is 0 Å². The monoisotopic (exact) mass is 304 g/mol. The molecular weight excluding hydrogens is 284 g/mol. The zero-order chi connectivity index (χ0) is 15.9. The molecule has 0 atom stereocenters.